The van der Waals surface area contributed by atoms with Gasteiger partial charge in [0.2, 0.25) is 0 Å². The fourth-order valence-electron chi connectivity index (χ4n) is 1.30. The maximum atomic E-state index is 12.8. The predicted molar refractivity (Wildman–Crippen MR) is 53.5 cm³/mol. The highest BCUT2D eigenvalue weighted by molar-refractivity contribution is 5.22. The second kappa shape index (κ2) is 4.51. The van der Waals surface area contributed by atoms with Gasteiger partial charge in [0, 0.05) is 6.42 Å². The highest BCUT2D eigenvalue weighted by atomic mass is 19.3. The van der Waals surface area contributed by atoms with Crippen molar-refractivity contribution in [1.82, 2.24) is 0 Å². The minimum atomic E-state index is -2.73. The van der Waals surface area contributed by atoms with Gasteiger partial charge in [0.05, 0.1) is 6.54 Å². The largest absolute Gasteiger partial charge is 0.325 e. The summed E-state index contributed by atoms with van der Waals surface area (Å²) >= 11 is 0. The second-order valence-electron chi connectivity index (χ2n) is 3.55. The summed E-state index contributed by atoms with van der Waals surface area (Å²) in [6.07, 6.45) is 0.207. The molecule has 0 spiro atoms. The van der Waals surface area contributed by atoms with Gasteiger partial charge in [-0.3, -0.25) is 0 Å². The Morgan fingerprint density at radius 1 is 1.36 bits per heavy atom. The molecule has 0 saturated carbocycles. The van der Waals surface area contributed by atoms with Crippen molar-refractivity contribution in [3.05, 3.63) is 35.4 Å². The van der Waals surface area contributed by atoms with Crippen molar-refractivity contribution in [2.24, 2.45) is 5.73 Å². The number of alkyl halides is 2. The number of hydrogen-bond donors (Lipinski definition) is 1. The molecule has 1 nitrogen and oxygen atoms in total. The summed E-state index contributed by atoms with van der Waals surface area (Å²) in [4.78, 5) is 0. The quantitative estimate of drug-likeness (QED) is 0.792. The zero-order valence-corrected chi connectivity index (χ0v) is 8.26. The third kappa shape index (κ3) is 3.42. The van der Waals surface area contributed by atoms with Crippen molar-refractivity contribution in [2.75, 3.05) is 6.54 Å². The summed E-state index contributed by atoms with van der Waals surface area (Å²) in [5.41, 5.74) is 6.99. The van der Waals surface area contributed by atoms with Gasteiger partial charge < -0.3 is 5.73 Å². The lowest BCUT2D eigenvalue weighted by molar-refractivity contribution is 0.00246. The average Bonchev–Trinajstić information content (AvgIpc) is 2.15. The first kappa shape index (κ1) is 11.1. The molecular formula is C11H15F2N. The summed E-state index contributed by atoms with van der Waals surface area (Å²) in [5, 5.41) is 0. The van der Waals surface area contributed by atoms with Gasteiger partial charge in [-0.25, -0.2) is 8.78 Å². The first-order chi connectivity index (χ1) is 6.53. The van der Waals surface area contributed by atoms with E-state index in [9.17, 15) is 8.78 Å². The molecule has 0 amide bonds. The number of aryl methyl sites for hydroxylation is 2. The number of halogens is 2. The van der Waals surface area contributed by atoms with Crippen molar-refractivity contribution in [3.63, 3.8) is 0 Å². The number of benzene rings is 1. The Labute approximate surface area is 82.9 Å². The number of rotatable bonds is 4. The van der Waals surface area contributed by atoms with Crippen LogP contribution >= 0.6 is 0 Å². The molecule has 1 aromatic rings. The highest BCUT2D eigenvalue weighted by Crippen LogP contribution is 2.19. The van der Waals surface area contributed by atoms with E-state index >= 15 is 0 Å². The molecule has 2 N–H and O–H groups in total. The van der Waals surface area contributed by atoms with Crippen molar-refractivity contribution in [3.8, 4) is 0 Å². The van der Waals surface area contributed by atoms with E-state index in [0.29, 0.717) is 6.42 Å². The Hall–Kier alpha value is -0.960. The summed E-state index contributed by atoms with van der Waals surface area (Å²) in [5.74, 6) is -2.73. The zero-order chi connectivity index (χ0) is 10.6. The van der Waals surface area contributed by atoms with Gasteiger partial charge >= 0.3 is 0 Å². The van der Waals surface area contributed by atoms with Crippen LogP contribution in [0.2, 0.25) is 0 Å². The van der Waals surface area contributed by atoms with Crippen LogP contribution < -0.4 is 5.73 Å². The minimum Gasteiger partial charge on any atom is -0.325 e. The van der Waals surface area contributed by atoms with Gasteiger partial charge in [-0.1, -0.05) is 29.8 Å². The number of nitrogens with two attached hydrogens (primary N) is 1. The van der Waals surface area contributed by atoms with Crippen molar-refractivity contribution in [2.45, 2.75) is 25.7 Å². The molecule has 1 aromatic carbocycles. The maximum Gasteiger partial charge on any atom is 0.260 e. The summed E-state index contributed by atoms with van der Waals surface area (Å²) in [6, 6.07) is 7.61. The molecule has 0 saturated heterocycles. The fraction of sp³-hybridized carbons (Fsp3) is 0.455. The van der Waals surface area contributed by atoms with Crippen molar-refractivity contribution < 1.29 is 8.78 Å². The molecule has 3 heteroatoms. The van der Waals surface area contributed by atoms with Crippen LogP contribution in [0.15, 0.2) is 24.3 Å². The SMILES string of the molecule is Cc1cccc(CCC(F)(F)CN)c1. The Bertz CT molecular complexity index is 297. The van der Waals surface area contributed by atoms with Gasteiger partial charge in [-0.15, -0.1) is 0 Å². The molecule has 0 aliphatic rings. The lowest BCUT2D eigenvalue weighted by Gasteiger charge is -2.13. The van der Waals surface area contributed by atoms with Crippen LogP contribution in [0.3, 0.4) is 0 Å². The van der Waals surface area contributed by atoms with Crippen LogP contribution in [-0.2, 0) is 6.42 Å². The summed E-state index contributed by atoms with van der Waals surface area (Å²) in [6.45, 7) is 1.38. The van der Waals surface area contributed by atoms with E-state index in [1.165, 1.54) is 0 Å². The smallest absolute Gasteiger partial charge is 0.260 e. The molecule has 78 valence electrons. The topological polar surface area (TPSA) is 26.0 Å². The van der Waals surface area contributed by atoms with Crippen LogP contribution in [0.5, 0.6) is 0 Å². The summed E-state index contributed by atoms with van der Waals surface area (Å²) in [7, 11) is 0. The first-order valence-corrected chi connectivity index (χ1v) is 4.67. The summed E-state index contributed by atoms with van der Waals surface area (Å²) < 4.78 is 25.6. The standard InChI is InChI=1S/C11H15F2N/c1-9-3-2-4-10(7-9)5-6-11(12,13)8-14/h2-4,7H,5-6,8,14H2,1H3. The molecule has 1 rings (SSSR count). The van der Waals surface area contributed by atoms with E-state index in [2.05, 4.69) is 0 Å². The second-order valence-corrected chi connectivity index (χ2v) is 3.55. The third-order valence-corrected chi connectivity index (χ3v) is 2.16. The van der Waals surface area contributed by atoms with Crippen LogP contribution in [0, 0.1) is 6.92 Å². The molecule has 14 heavy (non-hydrogen) atoms. The monoisotopic (exact) mass is 199 g/mol. The van der Waals surface area contributed by atoms with E-state index in [1.54, 1.807) is 0 Å². The van der Waals surface area contributed by atoms with E-state index < -0.39 is 12.5 Å². The van der Waals surface area contributed by atoms with Gasteiger partial charge in [0.25, 0.3) is 5.92 Å². The Balaban J connectivity index is 2.54. The maximum absolute atomic E-state index is 12.8. The fourth-order valence-corrected chi connectivity index (χ4v) is 1.30. The van der Waals surface area contributed by atoms with Crippen LogP contribution in [0.1, 0.15) is 17.5 Å². The van der Waals surface area contributed by atoms with Crippen LogP contribution in [-0.4, -0.2) is 12.5 Å². The molecule has 0 aliphatic carbocycles. The van der Waals surface area contributed by atoms with E-state index in [-0.39, 0.29) is 6.42 Å². The van der Waals surface area contributed by atoms with Gasteiger partial charge in [0.15, 0.2) is 0 Å². The van der Waals surface area contributed by atoms with Crippen LogP contribution in [0.4, 0.5) is 8.78 Å². The van der Waals surface area contributed by atoms with E-state index in [4.69, 9.17) is 5.73 Å². The Kier molecular flexibility index (Phi) is 3.58. The molecule has 0 aromatic heterocycles. The Morgan fingerprint density at radius 2 is 2.07 bits per heavy atom. The van der Waals surface area contributed by atoms with Crippen LogP contribution in [0.25, 0.3) is 0 Å². The van der Waals surface area contributed by atoms with Gasteiger partial charge in [-0.05, 0) is 18.9 Å². The lowest BCUT2D eigenvalue weighted by Crippen LogP contribution is -2.28. The van der Waals surface area contributed by atoms with E-state index in [0.717, 1.165) is 11.1 Å². The lowest BCUT2D eigenvalue weighted by atomic mass is 10.0. The molecule has 0 radical (unpaired) electrons. The molecule has 0 bridgehead atoms. The van der Waals surface area contributed by atoms with Gasteiger partial charge in [0.1, 0.15) is 0 Å². The molecule has 0 fully saturated rings. The predicted octanol–water partition coefficient (Wildman–Crippen LogP) is 2.52. The molecule has 0 heterocycles. The number of hydrogen-bond acceptors (Lipinski definition) is 1. The molecule has 0 aliphatic heterocycles. The minimum absolute atomic E-state index is 0.174. The Morgan fingerprint density at radius 3 is 2.64 bits per heavy atom. The third-order valence-electron chi connectivity index (χ3n) is 2.16. The van der Waals surface area contributed by atoms with Crippen molar-refractivity contribution >= 4 is 0 Å². The normalized spacial score (nSPS) is 11.7. The average molecular weight is 199 g/mol. The first-order valence-electron chi connectivity index (χ1n) is 4.67. The molecular weight excluding hydrogens is 184 g/mol. The van der Waals surface area contributed by atoms with Crippen molar-refractivity contribution in [1.29, 1.82) is 0 Å². The molecule has 0 atom stereocenters. The zero-order valence-electron chi connectivity index (χ0n) is 8.26. The molecule has 0 unspecified atom stereocenters. The van der Waals surface area contributed by atoms with Gasteiger partial charge in [-0.2, -0.15) is 0 Å². The highest BCUT2D eigenvalue weighted by Gasteiger charge is 2.25. The van der Waals surface area contributed by atoms with E-state index in [1.807, 2.05) is 31.2 Å².